The zero-order valence-corrected chi connectivity index (χ0v) is 14.1. The molecule has 1 atom stereocenters. The fraction of sp³-hybridized carbons (Fsp3) is 0.200. The summed E-state index contributed by atoms with van der Waals surface area (Å²) in [5.41, 5.74) is 0.0107. The minimum Gasteiger partial charge on any atom is -0.454 e. The molecule has 2 aromatic rings. The molecule has 1 N–H and O–H groups in total. The van der Waals surface area contributed by atoms with Crippen LogP contribution in [0.3, 0.4) is 0 Å². The van der Waals surface area contributed by atoms with E-state index in [0.717, 1.165) is 5.56 Å². The van der Waals surface area contributed by atoms with Gasteiger partial charge in [0.25, 0.3) is 5.91 Å². The van der Waals surface area contributed by atoms with Gasteiger partial charge in [0.15, 0.2) is 22.9 Å². The Bertz CT molecular complexity index is 936. The van der Waals surface area contributed by atoms with E-state index in [0.29, 0.717) is 22.7 Å². The molecule has 0 aliphatic carbocycles. The highest BCUT2D eigenvalue weighted by Gasteiger charge is 2.49. The quantitative estimate of drug-likeness (QED) is 0.855. The van der Waals surface area contributed by atoms with E-state index in [9.17, 15) is 14.7 Å². The lowest BCUT2D eigenvalue weighted by Gasteiger charge is -2.20. The number of rotatable bonds is 4. The Morgan fingerprint density at radius 2 is 2.00 bits per heavy atom. The van der Waals surface area contributed by atoms with Crippen molar-refractivity contribution in [1.29, 1.82) is 0 Å². The molecule has 0 saturated heterocycles. The number of para-hydroxylation sites is 1. The Morgan fingerprint density at radius 1 is 1.23 bits per heavy atom. The Morgan fingerprint density at radius 3 is 2.85 bits per heavy atom. The fourth-order valence-corrected chi connectivity index (χ4v) is 3.31. The van der Waals surface area contributed by atoms with E-state index in [1.165, 1.54) is 11.0 Å². The fourth-order valence-electron chi connectivity index (χ4n) is 3.31. The highest BCUT2D eigenvalue weighted by molar-refractivity contribution is 6.09. The zero-order valence-electron chi connectivity index (χ0n) is 14.1. The predicted molar refractivity (Wildman–Crippen MR) is 95.0 cm³/mol. The number of carbonyl (C=O) groups excluding carboxylic acids is 2. The number of anilines is 1. The van der Waals surface area contributed by atoms with E-state index in [4.69, 9.17) is 9.47 Å². The van der Waals surface area contributed by atoms with Crippen LogP contribution in [0.2, 0.25) is 0 Å². The van der Waals surface area contributed by atoms with Crippen molar-refractivity contribution in [2.24, 2.45) is 0 Å². The van der Waals surface area contributed by atoms with Gasteiger partial charge in [0, 0.05) is 12.6 Å². The third-order valence-corrected chi connectivity index (χ3v) is 4.66. The number of ketones is 1. The average molecular weight is 351 g/mol. The number of amides is 1. The molecular weight excluding hydrogens is 334 g/mol. The number of benzene rings is 2. The summed E-state index contributed by atoms with van der Waals surface area (Å²) in [6, 6.07) is 12.3. The number of carbonyl (C=O) groups is 2. The maximum atomic E-state index is 12.5. The normalized spacial score (nSPS) is 20.7. The molecule has 0 spiro atoms. The summed E-state index contributed by atoms with van der Waals surface area (Å²) in [5, 5.41) is 10.9. The molecule has 0 fully saturated rings. The Balaban J connectivity index is 1.54. The molecule has 4 rings (SSSR count). The first kappa shape index (κ1) is 16.4. The number of ether oxygens (including phenoxy) is 2. The molecule has 0 saturated carbocycles. The molecule has 0 aromatic heterocycles. The Hall–Kier alpha value is -3.12. The van der Waals surface area contributed by atoms with Crippen LogP contribution in [0.15, 0.2) is 48.5 Å². The minimum atomic E-state index is -1.83. The maximum Gasteiger partial charge on any atom is 0.263 e. The third kappa shape index (κ3) is 2.55. The summed E-state index contributed by atoms with van der Waals surface area (Å²) >= 11 is 0. The second kappa shape index (κ2) is 6.00. The van der Waals surface area contributed by atoms with Crippen molar-refractivity contribution in [3.63, 3.8) is 0 Å². The molecule has 6 nitrogen and oxygen atoms in total. The van der Waals surface area contributed by atoms with Crippen LogP contribution in [0.1, 0.15) is 17.5 Å². The second-order valence-corrected chi connectivity index (χ2v) is 6.33. The number of hydrogen-bond acceptors (Lipinski definition) is 5. The molecule has 132 valence electrons. The third-order valence-electron chi connectivity index (χ3n) is 4.66. The standard InChI is InChI=1S/C20H17NO5/c1-21-16-5-3-2-4-15(16)20(24,19(21)23)11-14(22)8-6-13-7-9-17-18(10-13)26-12-25-17/h2-10,24H,11-12H2,1H3/b8-6-/t20-/m0/s1. The summed E-state index contributed by atoms with van der Waals surface area (Å²) in [5.74, 6) is 0.450. The number of allylic oxidation sites excluding steroid dienone is 1. The van der Waals surface area contributed by atoms with Crippen molar-refractivity contribution in [2.75, 3.05) is 18.7 Å². The van der Waals surface area contributed by atoms with E-state index in [-0.39, 0.29) is 19.0 Å². The lowest BCUT2D eigenvalue weighted by molar-refractivity contribution is -0.140. The molecule has 1 amide bonds. The monoisotopic (exact) mass is 351 g/mol. The minimum absolute atomic E-state index is 0.184. The van der Waals surface area contributed by atoms with Gasteiger partial charge >= 0.3 is 0 Å². The van der Waals surface area contributed by atoms with Crippen LogP contribution in [0, 0.1) is 0 Å². The van der Waals surface area contributed by atoms with Gasteiger partial charge in [-0.2, -0.15) is 0 Å². The lowest BCUT2D eigenvalue weighted by Crippen LogP contribution is -2.40. The van der Waals surface area contributed by atoms with Crippen molar-refractivity contribution >= 4 is 23.5 Å². The van der Waals surface area contributed by atoms with Crippen LogP contribution in [0.25, 0.3) is 6.08 Å². The van der Waals surface area contributed by atoms with Crippen LogP contribution >= 0.6 is 0 Å². The van der Waals surface area contributed by atoms with Gasteiger partial charge in [-0.3, -0.25) is 9.59 Å². The first-order valence-electron chi connectivity index (χ1n) is 8.20. The summed E-state index contributed by atoms with van der Waals surface area (Å²) in [6.07, 6.45) is 2.68. The van der Waals surface area contributed by atoms with Gasteiger partial charge in [0.1, 0.15) is 0 Å². The number of hydrogen-bond donors (Lipinski definition) is 1. The van der Waals surface area contributed by atoms with E-state index >= 15 is 0 Å². The van der Waals surface area contributed by atoms with E-state index in [1.807, 2.05) is 0 Å². The zero-order chi connectivity index (χ0) is 18.3. The smallest absolute Gasteiger partial charge is 0.263 e. The van der Waals surface area contributed by atoms with E-state index < -0.39 is 11.5 Å². The van der Waals surface area contributed by atoms with Gasteiger partial charge in [-0.15, -0.1) is 0 Å². The largest absolute Gasteiger partial charge is 0.454 e. The van der Waals surface area contributed by atoms with Crippen LogP contribution in [-0.2, 0) is 15.2 Å². The number of aliphatic hydroxyl groups is 1. The Labute approximate surface area is 150 Å². The van der Waals surface area contributed by atoms with E-state index in [2.05, 4.69) is 0 Å². The van der Waals surface area contributed by atoms with Crippen molar-refractivity contribution in [3.05, 3.63) is 59.7 Å². The summed E-state index contributed by atoms with van der Waals surface area (Å²) in [7, 11) is 1.59. The highest BCUT2D eigenvalue weighted by Crippen LogP contribution is 2.41. The topological polar surface area (TPSA) is 76.1 Å². The van der Waals surface area contributed by atoms with Crippen molar-refractivity contribution < 1.29 is 24.2 Å². The van der Waals surface area contributed by atoms with Crippen LogP contribution in [0.4, 0.5) is 5.69 Å². The van der Waals surface area contributed by atoms with Crippen LogP contribution in [0.5, 0.6) is 11.5 Å². The molecule has 6 heteroatoms. The van der Waals surface area contributed by atoms with Gasteiger partial charge in [0.2, 0.25) is 6.79 Å². The number of fused-ring (bicyclic) bond motifs is 2. The molecule has 2 aromatic carbocycles. The van der Waals surface area contributed by atoms with Crippen molar-refractivity contribution in [3.8, 4) is 11.5 Å². The van der Waals surface area contributed by atoms with Gasteiger partial charge in [0.05, 0.1) is 12.1 Å². The molecule has 0 unspecified atom stereocenters. The lowest BCUT2D eigenvalue weighted by atomic mass is 9.90. The summed E-state index contributed by atoms with van der Waals surface area (Å²) in [4.78, 5) is 26.3. The Kier molecular flexibility index (Phi) is 3.77. The molecule has 2 heterocycles. The van der Waals surface area contributed by atoms with Gasteiger partial charge in [-0.1, -0.05) is 30.3 Å². The highest BCUT2D eigenvalue weighted by atomic mass is 16.7. The maximum absolute atomic E-state index is 12.5. The first-order valence-corrected chi connectivity index (χ1v) is 8.20. The second-order valence-electron chi connectivity index (χ2n) is 6.33. The van der Waals surface area contributed by atoms with E-state index in [1.54, 1.807) is 55.6 Å². The van der Waals surface area contributed by atoms with Gasteiger partial charge in [-0.05, 0) is 29.8 Å². The summed E-state index contributed by atoms with van der Waals surface area (Å²) < 4.78 is 10.6. The molecular formula is C20H17NO5. The first-order chi connectivity index (χ1) is 12.5. The molecule has 0 radical (unpaired) electrons. The number of nitrogens with zero attached hydrogens (tertiary/aromatic N) is 1. The molecule has 2 aliphatic rings. The van der Waals surface area contributed by atoms with Crippen LogP contribution < -0.4 is 14.4 Å². The van der Waals surface area contributed by atoms with Crippen molar-refractivity contribution in [1.82, 2.24) is 0 Å². The number of likely N-dealkylation sites (N-methyl/N-ethyl adjacent to an activating group) is 1. The average Bonchev–Trinajstić information content (AvgIpc) is 3.18. The van der Waals surface area contributed by atoms with Gasteiger partial charge in [-0.25, -0.2) is 0 Å². The molecule has 2 aliphatic heterocycles. The summed E-state index contributed by atoms with van der Waals surface area (Å²) in [6.45, 7) is 0.184. The predicted octanol–water partition coefficient (Wildman–Crippen LogP) is 2.25. The van der Waals surface area contributed by atoms with Gasteiger partial charge < -0.3 is 19.5 Å². The molecule has 26 heavy (non-hydrogen) atoms. The molecule has 0 bridgehead atoms. The van der Waals surface area contributed by atoms with Crippen LogP contribution in [-0.4, -0.2) is 30.6 Å². The SMILES string of the molecule is CN1C(=O)[C@](O)(CC(=O)/C=C\c2ccc3c(c2)OCO3)c2ccccc21. The van der Waals surface area contributed by atoms with Crippen molar-refractivity contribution in [2.45, 2.75) is 12.0 Å².